The van der Waals surface area contributed by atoms with Crippen LogP contribution in [0.3, 0.4) is 0 Å². The van der Waals surface area contributed by atoms with Crippen LogP contribution >= 0.6 is 0 Å². The topological polar surface area (TPSA) is 45.3 Å². The Balaban J connectivity index is 1.51. The van der Waals surface area contributed by atoms with E-state index in [1.54, 1.807) is 7.11 Å². The normalized spacial score (nSPS) is 23.3. The number of amides is 1. The second-order valence-electron chi connectivity index (χ2n) is 8.95. The number of rotatable bonds is 4. The van der Waals surface area contributed by atoms with E-state index in [4.69, 9.17) is 4.74 Å². The van der Waals surface area contributed by atoms with E-state index in [1.165, 1.54) is 22.1 Å². The van der Waals surface area contributed by atoms with E-state index < -0.39 is 0 Å². The lowest BCUT2D eigenvalue weighted by Gasteiger charge is -2.27. The number of fused-ring (bicyclic) bond motifs is 1. The first-order valence-corrected chi connectivity index (χ1v) is 10.1. The van der Waals surface area contributed by atoms with Crippen LogP contribution in [-0.4, -0.2) is 36.0 Å². The Morgan fingerprint density at radius 2 is 2.11 bits per heavy atom. The number of H-pyrrole nitrogens is 1. The zero-order valence-corrected chi connectivity index (χ0v) is 17.5. The quantitative estimate of drug-likeness (QED) is 0.759. The molecule has 148 valence electrons. The summed E-state index contributed by atoms with van der Waals surface area (Å²) in [4.78, 5) is 18.5. The second-order valence-corrected chi connectivity index (χ2v) is 8.95. The zero-order chi connectivity index (χ0) is 20.1. The van der Waals surface area contributed by atoms with Crippen LogP contribution in [0.2, 0.25) is 0 Å². The predicted octanol–water partition coefficient (Wildman–Crippen LogP) is 5.03. The summed E-state index contributed by atoms with van der Waals surface area (Å²) in [6.45, 7) is 10.1. The molecule has 0 bridgehead atoms. The van der Waals surface area contributed by atoms with Crippen molar-refractivity contribution in [3.8, 4) is 5.75 Å². The Hall–Kier alpha value is -2.49. The maximum atomic E-state index is 13.1. The molecular weight excluding hydrogens is 348 g/mol. The number of carbonyl (C=O) groups is 1. The average Bonchev–Trinajstić information content (AvgIpc) is 3.02. The van der Waals surface area contributed by atoms with Gasteiger partial charge in [-0.05, 0) is 55.4 Å². The summed E-state index contributed by atoms with van der Waals surface area (Å²) >= 11 is 0. The highest BCUT2D eigenvalue weighted by molar-refractivity contribution is 5.94. The molecule has 1 aromatic heterocycles. The van der Waals surface area contributed by atoms with Gasteiger partial charge in [0.15, 0.2) is 0 Å². The van der Waals surface area contributed by atoms with E-state index in [-0.39, 0.29) is 11.3 Å². The van der Waals surface area contributed by atoms with Crippen LogP contribution in [0.1, 0.15) is 39.7 Å². The molecular formula is C24H30N2O2. The zero-order valence-electron chi connectivity index (χ0n) is 17.5. The standard InChI is InChI=1S/C24H30N2O2/c1-15(2)12-20-22(24(20,3)4)23(27)26-10-8-16(9-11-26)19-14-25-21-7-6-17(28-5)13-18(19)21/h6-8,12-14,20,22,25H,9-11H2,1-5H3/t20-,22+/m1/s1. The van der Waals surface area contributed by atoms with E-state index in [2.05, 4.69) is 63.2 Å². The number of allylic oxidation sites excluding steroid dienone is 2. The summed E-state index contributed by atoms with van der Waals surface area (Å²) in [7, 11) is 1.69. The van der Waals surface area contributed by atoms with Gasteiger partial charge in [-0.15, -0.1) is 0 Å². The van der Waals surface area contributed by atoms with Gasteiger partial charge in [0.1, 0.15) is 5.75 Å². The first-order chi connectivity index (χ1) is 13.3. The molecule has 1 aromatic carbocycles. The number of hydrogen-bond acceptors (Lipinski definition) is 2. The third-order valence-electron chi connectivity index (χ3n) is 6.45. The van der Waals surface area contributed by atoms with Crippen molar-refractivity contribution in [1.29, 1.82) is 0 Å². The molecule has 0 radical (unpaired) electrons. The minimum Gasteiger partial charge on any atom is -0.497 e. The van der Waals surface area contributed by atoms with E-state index in [1.807, 2.05) is 11.0 Å². The molecule has 1 fully saturated rings. The van der Waals surface area contributed by atoms with E-state index >= 15 is 0 Å². The Morgan fingerprint density at radius 1 is 1.32 bits per heavy atom. The Bertz CT molecular complexity index is 976. The van der Waals surface area contributed by atoms with Gasteiger partial charge in [0, 0.05) is 35.8 Å². The highest BCUT2D eigenvalue weighted by atomic mass is 16.5. The first kappa shape index (κ1) is 18.9. The maximum Gasteiger partial charge on any atom is 0.227 e. The number of methoxy groups -OCH3 is 1. The molecule has 1 amide bonds. The van der Waals surface area contributed by atoms with Crippen molar-refractivity contribution in [2.75, 3.05) is 20.2 Å². The Morgan fingerprint density at radius 3 is 2.75 bits per heavy atom. The van der Waals surface area contributed by atoms with Crippen molar-refractivity contribution in [3.05, 3.63) is 47.7 Å². The number of nitrogens with zero attached hydrogens (tertiary/aromatic N) is 1. The van der Waals surface area contributed by atoms with Crippen molar-refractivity contribution in [2.45, 2.75) is 34.1 Å². The molecule has 2 atom stereocenters. The molecule has 0 spiro atoms. The van der Waals surface area contributed by atoms with Crippen LogP contribution in [-0.2, 0) is 4.79 Å². The van der Waals surface area contributed by atoms with E-state index in [9.17, 15) is 4.79 Å². The summed E-state index contributed by atoms with van der Waals surface area (Å²) in [5.41, 5.74) is 5.00. The molecule has 1 N–H and O–H groups in total. The molecule has 1 aliphatic heterocycles. The molecule has 28 heavy (non-hydrogen) atoms. The van der Waals surface area contributed by atoms with Crippen LogP contribution in [0.5, 0.6) is 5.75 Å². The van der Waals surface area contributed by atoms with Crippen LogP contribution in [0.15, 0.2) is 42.1 Å². The van der Waals surface area contributed by atoms with Crippen molar-refractivity contribution >= 4 is 22.4 Å². The minimum absolute atomic E-state index is 0.0751. The fourth-order valence-electron chi connectivity index (χ4n) is 4.62. The SMILES string of the molecule is COc1ccc2[nH]cc(C3=CCN(C(=O)[C@@H]4[C@@H](C=C(C)C)C4(C)C)CC3)c2c1. The molecule has 4 rings (SSSR count). The molecule has 4 nitrogen and oxygen atoms in total. The summed E-state index contributed by atoms with van der Waals surface area (Å²) in [5.74, 6) is 1.66. The number of ether oxygens (including phenoxy) is 1. The number of benzene rings is 1. The van der Waals surface area contributed by atoms with Crippen LogP contribution in [0.4, 0.5) is 0 Å². The summed E-state index contributed by atoms with van der Waals surface area (Å²) in [6, 6.07) is 6.10. The molecule has 2 heterocycles. The van der Waals surface area contributed by atoms with Crippen LogP contribution in [0.25, 0.3) is 16.5 Å². The number of hydrogen-bond donors (Lipinski definition) is 1. The summed E-state index contributed by atoms with van der Waals surface area (Å²) in [6.07, 6.45) is 7.44. The average molecular weight is 379 g/mol. The second kappa shape index (κ2) is 6.84. The minimum atomic E-state index is 0.0751. The predicted molar refractivity (Wildman–Crippen MR) is 114 cm³/mol. The number of aromatic nitrogens is 1. The van der Waals surface area contributed by atoms with Crippen LogP contribution in [0, 0.1) is 17.3 Å². The lowest BCUT2D eigenvalue weighted by atomic mass is 9.98. The van der Waals surface area contributed by atoms with Gasteiger partial charge in [-0.2, -0.15) is 0 Å². The van der Waals surface area contributed by atoms with Gasteiger partial charge in [0.2, 0.25) is 5.91 Å². The fourth-order valence-corrected chi connectivity index (χ4v) is 4.62. The number of nitrogens with one attached hydrogen (secondary N) is 1. The lowest BCUT2D eigenvalue weighted by molar-refractivity contribution is -0.133. The van der Waals surface area contributed by atoms with Gasteiger partial charge in [0.05, 0.1) is 13.0 Å². The van der Waals surface area contributed by atoms with Gasteiger partial charge in [-0.1, -0.05) is 31.6 Å². The molecule has 0 saturated heterocycles. The highest BCUT2D eigenvalue weighted by Gasteiger charge is 2.61. The molecule has 4 heteroatoms. The van der Waals surface area contributed by atoms with Crippen molar-refractivity contribution in [3.63, 3.8) is 0 Å². The van der Waals surface area contributed by atoms with Crippen LogP contribution < -0.4 is 4.74 Å². The van der Waals surface area contributed by atoms with Crippen molar-refractivity contribution in [1.82, 2.24) is 9.88 Å². The third kappa shape index (κ3) is 3.15. The third-order valence-corrected chi connectivity index (χ3v) is 6.45. The molecule has 2 aromatic rings. The first-order valence-electron chi connectivity index (χ1n) is 10.1. The fraction of sp³-hybridized carbons (Fsp3) is 0.458. The largest absolute Gasteiger partial charge is 0.497 e. The lowest BCUT2D eigenvalue weighted by Crippen LogP contribution is -2.36. The Kier molecular flexibility index (Phi) is 4.60. The smallest absolute Gasteiger partial charge is 0.227 e. The summed E-state index contributed by atoms with van der Waals surface area (Å²) < 4.78 is 5.38. The summed E-state index contributed by atoms with van der Waals surface area (Å²) in [5, 5.41) is 1.18. The Labute approximate surface area is 167 Å². The van der Waals surface area contributed by atoms with Gasteiger partial charge in [-0.3, -0.25) is 4.79 Å². The monoisotopic (exact) mass is 378 g/mol. The van der Waals surface area contributed by atoms with Gasteiger partial charge >= 0.3 is 0 Å². The van der Waals surface area contributed by atoms with E-state index in [0.29, 0.717) is 18.4 Å². The van der Waals surface area contributed by atoms with Gasteiger partial charge in [-0.25, -0.2) is 0 Å². The van der Waals surface area contributed by atoms with Crippen molar-refractivity contribution in [2.24, 2.45) is 17.3 Å². The van der Waals surface area contributed by atoms with Gasteiger partial charge < -0.3 is 14.6 Å². The molecule has 1 aliphatic carbocycles. The number of carbonyl (C=O) groups excluding carboxylic acids is 1. The molecule has 0 unspecified atom stereocenters. The highest BCUT2D eigenvalue weighted by Crippen LogP contribution is 2.60. The van der Waals surface area contributed by atoms with Gasteiger partial charge in [0.25, 0.3) is 0 Å². The molecule has 1 saturated carbocycles. The molecule has 2 aliphatic rings. The number of aromatic amines is 1. The van der Waals surface area contributed by atoms with E-state index in [0.717, 1.165) is 24.2 Å². The van der Waals surface area contributed by atoms with Crippen molar-refractivity contribution < 1.29 is 9.53 Å². The maximum absolute atomic E-state index is 13.1.